The smallest absolute Gasteiger partial charge is 0.357 e. The molecule has 27 heavy (non-hydrogen) atoms. The van der Waals surface area contributed by atoms with Crippen LogP contribution in [0.4, 0.5) is 5.69 Å². The Kier molecular flexibility index (Phi) is 3.96. The highest BCUT2D eigenvalue weighted by Crippen LogP contribution is 2.22. The SMILES string of the molecule is CC1=c2c(cc3c(c2C)C=C(C(=O)OCc2ccccc2)N=3)N=C1C(=O)O. The van der Waals surface area contributed by atoms with E-state index >= 15 is 0 Å². The number of carbonyl (C=O) groups excluding carboxylic acids is 1. The molecule has 2 aliphatic rings. The Morgan fingerprint density at radius 3 is 2.56 bits per heavy atom. The van der Waals surface area contributed by atoms with Gasteiger partial charge >= 0.3 is 11.9 Å². The first kappa shape index (κ1) is 16.9. The number of hydrogen-bond donors (Lipinski definition) is 1. The zero-order valence-electron chi connectivity index (χ0n) is 14.8. The minimum Gasteiger partial charge on any atom is -0.477 e. The van der Waals surface area contributed by atoms with Gasteiger partial charge in [0.25, 0.3) is 0 Å². The molecule has 6 nitrogen and oxygen atoms in total. The van der Waals surface area contributed by atoms with Crippen molar-refractivity contribution in [2.24, 2.45) is 9.98 Å². The second-order valence-electron chi connectivity index (χ2n) is 6.42. The summed E-state index contributed by atoms with van der Waals surface area (Å²) >= 11 is 0. The quantitative estimate of drug-likeness (QED) is 0.846. The second kappa shape index (κ2) is 6.32. The summed E-state index contributed by atoms with van der Waals surface area (Å²) in [5.41, 5.74) is 4.01. The number of carboxylic acid groups (broad SMARTS) is 1. The summed E-state index contributed by atoms with van der Waals surface area (Å²) in [5.74, 6) is -1.55. The van der Waals surface area contributed by atoms with E-state index in [1.54, 1.807) is 19.1 Å². The Bertz CT molecular complexity index is 1170. The van der Waals surface area contributed by atoms with E-state index in [0.29, 0.717) is 16.6 Å². The first-order valence-corrected chi connectivity index (χ1v) is 8.44. The molecular formula is C21H16N2O4. The molecule has 134 valence electrons. The zero-order valence-corrected chi connectivity index (χ0v) is 14.8. The molecule has 4 rings (SSSR count). The van der Waals surface area contributed by atoms with Crippen LogP contribution < -0.4 is 10.6 Å². The number of carbonyl (C=O) groups is 2. The number of esters is 1. The maximum atomic E-state index is 12.4. The lowest BCUT2D eigenvalue weighted by Crippen LogP contribution is -2.19. The normalized spacial score (nSPS) is 14.1. The zero-order chi connectivity index (χ0) is 19.1. The number of aliphatic carboxylic acids is 1. The summed E-state index contributed by atoms with van der Waals surface area (Å²) in [6, 6.07) is 11.1. The molecule has 0 saturated heterocycles. The van der Waals surface area contributed by atoms with Gasteiger partial charge in [-0.3, -0.25) is 0 Å². The first-order chi connectivity index (χ1) is 13.0. The van der Waals surface area contributed by atoms with Crippen LogP contribution in [0.5, 0.6) is 0 Å². The molecule has 6 heteroatoms. The van der Waals surface area contributed by atoms with Crippen molar-refractivity contribution < 1.29 is 19.4 Å². The van der Waals surface area contributed by atoms with Gasteiger partial charge in [-0.1, -0.05) is 30.3 Å². The van der Waals surface area contributed by atoms with Crippen LogP contribution in [0.2, 0.25) is 0 Å². The summed E-state index contributed by atoms with van der Waals surface area (Å²) in [5, 5.41) is 10.7. The second-order valence-corrected chi connectivity index (χ2v) is 6.42. The average Bonchev–Trinajstić information content (AvgIpc) is 3.23. The van der Waals surface area contributed by atoms with E-state index < -0.39 is 11.9 Å². The molecule has 0 saturated carbocycles. The van der Waals surface area contributed by atoms with Crippen LogP contribution >= 0.6 is 0 Å². The third kappa shape index (κ3) is 2.85. The molecule has 2 aromatic rings. The van der Waals surface area contributed by atoms with Crippen molar-refractivity contribution >= 4 is 35.0 Å². The first-order valence-electron chi connectivity index (χ1n) is 8.44. The minimum absolute atomic E-state index is 0.0447. The van der Waals surface area contributed by atoms with E-state index in [1.807, 2.05) is 37.3 Å². The number of ether oxygens (including phenoxy) is 1. The van der Waals surface area contributed by atoms with Crippen molar-refractivity contribution in [2.45, 2.75) is 20.5 Å². The molecule has 0 aliphatic carbocycles. The van der Waals surface area contributed by atoms with E-state index in [0.717, 1.165) is 21.9 Å². The highest BCUT2D eigenvalue weighted by molar-refractivity contribution is 6.52. The Balaban J connectivity index is 1.65. The summed E-state index contributed by atoms with van der Waals surface area (Å²) in [6.07, 6.45) is 1.68. The number of fused-ring (bicyclic) bond motifs is 2. The van der Waals surface area contributed by atoms with Gasteiger partial charge in [0.1, 0.15) is 12.3 Å². The number of carboxylic acids is 1. The lowest BCUT2D eigenvalue weighted by molar-refractivity contribution is -0.140. The third-order valence-corrected chi connectivity index (χ3v) is 4.69. The summed E-state index contributed by atoms with van der Waals surface area (Å²) in [6.45, 7) is 3.80. The molecule has 0 aromatic heterocycles. The lowest BCUT2D eigenvalue weighted by Gasteiger charge is -2.03. The predicted octanol–water partition coefficient (Wildman–Crippen LogP) is 2.05. The Hall–Kier alpha value is -3.54. The summed E-state index contributed by atoms with van der Waals surface area (Å²) < 4.78 is 5.34. The van der Waals surface area contributed by atoms with Crippen molar-refractivity contribution in [3.05, 3.63) is 69.4 Å². The average molecular weight is 360 g/mol. The topological polar surface area (TPSA) is 88.3 Å². The Morgan fingerprint density at radius 2 is 1.85 bits per heavy atom. The van der Waals surface area contributed by atoms with Crippen LogP contribution in [-0.4, -0.2) is 22.8 Å². The minimum atomic E-state index is -1.05. The van der Waals surface area contributed by atoms with Gasteiger partial charge in [-0.2, -0.15) is 0 Å². The van der Waals surface area contributed by atoms with Gasteiger partial charge in [-0.15, -0.1) is 0 Å². The van der Waals surface area contributed by atoms with Gasteiger partial charge in [0, 0.05) is 10.8 Å². The number of aliphatic imine (C=N–C) groups is 1. The molecular weight excluding hydrogens is 344 g/mol. The van der Waals surface area contributed by atoms with E-state index in [4.69, 9.17) is 4.74 Å². The Labute approximate surface area is 154 Å². The fourth-order valence-corrected chi connectivity index (χ4v) is 3.37. The molecule has 0 amide bonds. The van der Waals surface area contributed by atoms with E-state index in [2.05, 4.69) is 9.98 Å². The molecule has 0 fully saturated rings. The summed E-state index contributed by atoms with van der Waals surface area (Å²) in [7, 11) is 0. The molecule has 2 aromatic carbocycles. The van der Waals surface area contributed by atoms with Gasteiger partial charge in [-0.25, -0.2) is 19.6 Å². The predicted molar refractivity (Wildman–Crippen MR) is 100.0 cm³/mol. The van der Waals surface area contributed by atoms with E-state index in [1.165, 1.54) is 0 Å². The number of benzene rings is 2. The molecule has 0 radical (unpaired) electrons. The van der Waals surface area contributed by atoms with Gasteiger partial charge < -0.3 is 9.84 Å². The highest BCUT2D eigenvalue weighted by Gasteiger charge is 2.24. The van der Waals surface area contributed by atoms with Crippen molar-refractivity contribution in [3.63, 3.8) is 0 Å². The third-order valence-electron chi connectivity index (χ3n) is 4.69. The summed E-state index contributed by atoms with van der Waals surface area (Å²) in [4.78, 5) is 32.2. The van der Waals surface area contributed by atoms with Gasteiger partial charge in [0.2, 0.25) is 0 Å². The van der Waals surface area contributed by atoms with Crippen molar-refractivity contribution in [1.29, 1.82) is 0 Å². The van der Waals surface area contributed by atoms with Gasteiger partial charge in [0.05, 0.1) is 11.0 Å². The van der Waals surface area contributed by atoms with Crippen LogP contribution in [0.1, 0.15) is 23.6 Å². The molecule has 0 bridgehead atoms. The largest absolute Gasteiger partial charge is 0.477 e. The molecule has 0 spiro atoms. The van der Waals surface area contributed by atoms with Crippen molar-refractivity contribution in [2.75, 3.05) is 0 Å². The van der Waals surface area contributed by atoms with Crippen LogP contribution in [0, 0.1) is 6.92 Å². The van der Waals surface area contributed by atoms with Crippen LogP contribution in [0.3, 0.4) is 0 Å². The van der Waals surface area contributed by atoms with Gasteiger partial charge in [-0.05, 0) is 42.7 Å². The maximum absolute atomic E-state index is 12.4. The van der Waals surface area contributed by atoms with E-state index in [-0.39, 0.29) is 18.0 Å². The molecule has 1 N–H and O–H groups in total. The molecule has 0 unspecified atom stereocenters. The monoisotopic (exact) mass is 360 g/mol. The molecule has 0 atom stereocenters. The Morgan fingerprint density at radius 1 is 1.11 bits per heavy atom. The van der Waals surface area contributed by atoms with Gasteiger partial charge in [0.15, 0.2) is 5.71 Å². The molecule has 2 aliphatic heterocycles. The molecule has 2 heterocycles. The fraction of sp³-hybridized carbons (Fsp3) is 0.143. The van der Waals surface area contributed by atoms with Crippen molar-refractivity contribution in [1.82, 2.24) is 0 Å². The highest BCUT2D eigenvalue weighted by atomic mass is 16.5. The van der Waals surface area contributed by atoms with Crippen LogP contribution in [0.25, 0.3) is 11.6 Å². The van der Waals surface area contributed by atoms with Crippen molar-refractivity contribution in [3.8, 4) is 0 Å². The number of rotatable bonds is 4. The van der Waals surface area contributed by atoms with Crippen LogP contribution in [0.15, 0.2) is 52.1 Å². The van der Waals surface area contributed by atoms with Crippen LogP contribution in [-0.2, 0) is 20.9 Å². The van der Waals surface area contributed by atoms with E-state index in [9.17, 15) is 14.7 Å². The maximum Gasteiger partial charge on any atom is 0.357 e. The fourth-order valence-electron chi connectivity index (χ4n) is 3.37. The standard InChI is InChI=1S/C21H16N2O4/c1-11-14-8-17(21(26)27-10-13-6-4-3-5-7-13)22-15(14)9-16-18(11)12(2)19(23-16)20(24)25/h3-9H,10H2,1-2H3,(H,24,25). The number of nitrogens with zero attached hydrogens (tertiary/aromatic N) is 2. The lowest BCUT2D eigenvalue weighted by atomic mass is 10.0. The number of hydrogen-bond acceptors (Lipinski definition) is 5.